The molecule has 1 heterocycles. The lowest BCUT2D eigenvalue weighted by molar-refractivity contribution is 0.417. The van der Waals surface area contributed by atoms with Gasteiger partial charge < -0.3 is 10.5 Å². The molecule has 96 valence electrons. The second-order valence-electron chi connectivity index (χ2n) is 3.48. The summed E-state index contributed by atoms with van der Waals surface area (Å²) in [5.74, 6) is 0.486. The Labute approximate surface area is 104 Å². The molecule has 1 aromatic heterocycles. The minimum Gasteiger partial charge on any atom is -0.495 e. The van der Waals surface area contributed by atoms with E-state index in [9.17, 15) is 8.42 Å². The number of sulfonamides is 1. The van der Waals surface area contributed by atoms with Crippen molar-refractivity contribution in [3.63, 3.8) is 0 Å². The summed E-state index contributed by atoms with van der Waals surface area (Å²) >= 11 is 0. The molecule has 0 amide bonds. The van der Waals surface area contributed by atoms with Gasteiger partial charge in [0.05, 0.1) is 24.7 Å². The molecule has 2 rings (SSSR count). The zero-order chi connectivity index (χ0) is 13.2. The maximum Gasteiger partial charge on any atom is 0.278 e. The van der Waals surface area contributed by atoms with E-state index in [4.69, 9.17) is 10.5 Å². The van der Waals surface area contributed by atoms with Gasteiger partial charge in [-0.2, -0.15) is 13.5 Å². The number of anilines is 2. The molecular formula is C10H12N4O3S. The number of rotatable bonds is 4. The molecule has 0 fully saturated rings. The van der Waals surface area contributed by atoms with Crippen LogP contribution in [0, 0.1) is 0 Å². The lowest BCUT2D eigenvalue weighted by atomic mass is 10.2. The predicted octanol–water partition coefficient (Wildman–Crippen LogP) is 0.801. The number of H-pyrrole nitrogens is 1. The van der Waals surface area contributed by atoms with Crippen LogP contribution in [0.25, 0.3) is 0 Å². The third-order valence-electron chi connectivity index (χ3n) is 2.25. The third-order valence-corrected chi connectivity index (χ3v) is 3.56. The van der Waals surface area contributed by atoms with Gasteiger partial charge in [0.2, 0.25) is 0 Å². The maximum atomic E-state index is 11.9. The van der Waals surface area contributed by atoms with Crippen molar-refractivity contribution in [1.29, 1.82) is 0 Å². The molecule has 7 nitrogen and oxygen atoms in total. The molecule has 0 saturated carbocycles. The molecule has 0 aliphatic heterocycles. The molecule has 0 saturated heterocycles. The van der Waals surface area contributed by atoms with Crippen molar-refractivity contribution in [2.45, 2.75) is 5.03 Å². The summed E-state index contributed by atoms with van der Waals surface area (Å²) in [6.07, 6.45) is 1.36. The van der Waals surface area contributed by atoms with E-state index in [1.807, 2.05) is 0 Å². The van der Waals surface area contributed by atoms with Gasteiger partial charge in [-0.1, -0.05) is 0 Å². The molecule has 0 aliphatic carbocycles. The highest BCUT2D eigenvalue weighted by molar-refractivity contribution is 7.92. The molecule has 4 N–H and O–H groups in total. The number of nitrogen functional groups attached to an aromatic ring is 1. The highest BCUT2D eigenvalue weighted by atomic mass is 32.2. The number of hydrogen-bond donors (Lipinski definition) is 3. The van der Waals surface area contributed by atoms with Crippen LogP contribution in [0.1, 0.15) is 0 Å². The third kappa shape index (κ3) is 2.38. The quantitative estimate of drug-likeness (QED) is 0.710. The molecule has 0 spiro atoms. The van der Waals surface area contributed by atoms with Crippen molar-refractivity contribution in [2.75, 3.05) is 17.6 Å². The van der Waals surface area contributed by atoms with E-state index in [0.29, 0.717) is 17.1 Å². The summed E-state index contributed by atoms with van der Waals surface area (Å²) in [7, 11) is -2.18. The van der Waals surface area contributed by atoms with Crippen LogP contribution in [0.15, 0.2) is 35.5 Å². The van der Waals surface area contributed by atoms with Crippen molar-refractivity contribution in [3.05, 3.63) is 30.5 Å². The van der Waals surface area contributed by atoms with Gasteiger partial charge in [-0.25, -0.2) is 0 Å². The van der Waals surface area contributed by atoms with Gasteiger partial charge in [-0.15, -0.1) is 0 Å². The van der Waals surface area contributed by atoms with E-state index in [-0.39, 0.29) is 5.03 Å². The minimum absolute atomic E-state index is 0.0168. The molecular weight excluding hydrogens is 256 g/mol. The van der Waals surface area contributed by atoms with E-state index in [0.717, 1.165) is 0 Å². The highest BCUT2D eigenvalue weighted by Gasteiger charge is 2.15. The first-order valence-electron chi connectivity index (χ1n) is 4.98. The fourth-order valence-electron chi connectivity index (χ4n) is 1.40. The predicted molar refractivity (Wildman–Crippen MR) is 66.8 cm³/mol. The van der Waals surface area contributed by atoms with E-state index in [1.165, 1.54) is 25.4 Å². The standard InChI is InChI=1S/C10H12N4O3S/c1-17-9-3-2-7(6-8(9)11)14-18(15,16)10-4-5-12-13-10/h2-6,14H,11H2,1H3,(H,12,13). The van der Waals surface area contributed by atoms with Crippen LogP contribution in [0.2, 0.25) is 0 Å². The smallest absolute Gasteiger partial charge is 0.278 e. The fraction of sp³-hybridized carbons (Fsp3) is 0.100. The molecule has 0 aliphatic rings. The number of ether oxygens (including phenoxy) is 1. The van der Waals surface area contributed by atoms with Gasteiger partial charge in [0.1, 0.15) is 5.75 Å². The van der Waals surface area contributed by atoms with Crippen LogP contribution in [-0.4, -0.2) is 25.7 Å². The molecule has 0 radical (unpaired) electrons. The number of nitrogens with two attached hydrogens (primary N) is 1. The van der Waals surface area contributed by atoms with Crippen molar-refractivity contribution >= 4 is 21.4 Å². The van der Waals surface area contributed by atoms with Crippen LogP contribution in [0.5, 0.6) is 5.75 Å². The second kappa shape index (κ2) is 4.57. The average Bonchev–Trinajstić information content (AvgIpc) is 2.82. The van der Waals surface area contributed by atoms with Gasteiger partial charge in [0.25, 0.3) is 10.0 Å². The van der Waals surface area contributed by atoms with Crippen molar-refractivity contribution in [2.24, 2.45) is 0 Å². The zero-order valence-electron chi connectivity index (χ0n) is 9.54. The molecule has 18 heavy (non-hydrogen) atoms. The SMILES string of the molecule is COc1ccc(NS(=O)(=O)c2ccn[nH]2)cc1N. The Kier molecular flexibility index (Phi) is 3.11. The monoisotopic (exact) mass is 268 g/mol. The van der Waals surface area contributed by atoms with Crippen LogP contribution < -0.4 is 15.2 Å². The Morgan fingerprint density at radius 1 is 1.39 bits per heavy atom. The number of methoxy groups -OCH3 is 1. The molecule has 2 aromatic rings. The molecule has 1 aromatic carbocycles. The van der Waals surface area contributed by atoms with Gasteiger partial charge >= 0.3 is 0 Å². The number of aromatic nitrogens is 2. The van der Waals surface area contributed by atoms with Crippen LogP contribution >= 0.6 is 0 Å². The van der Waals surface area contributed by atoms with E-state index >= 15 is 0 Å². The fourth-order valence-corrected chi connectivity index (χ4v) is 2.36. The molecule has 0 unspecified atom stereocenters. The van der Waals surface area contributed by atoms with Crippen LogP contribution in [0.3, 0.4) is 0 Å². The van der Waals surface area contributed by atoms with Crippen LogP contribution in [-0.2, 0) is 10.0 Å². The molecule has 8 heteroatoms. The Hall–Kier alpha value is -2.22. The second-order valence-corrected chi connectivity index (χ2v) is 5.13. The summed E-state index contributed by atoms with van der Waals surface area (Å²) in [5, 5.41) is 5.95. The molecule has 0 bridgehead atoms. The summed E-state index contributed by atoms with van der Waals surface area (Å²) in [5.41, 5.74) is 6.39. The first-order valence-corrected chi connectivity index (χ1v) is 6.47. The summed E-state index contributed by atoms with van der Waals surface area (Å²) in [6.45, 7) is 0. The van der Waals surface area contributed by atoms with Gasteiger partial charge in [0.15, 0.2) is 5.03 Å². The highest BCUT2D eigenvalue weighted by Crippen LogP contribution is 2.25. The maximum absolute atomic E-state index is 11.9. The first-order chi connectivity index (χ1) is 8.53. The Balaban J connectivity index is 2.27. The van der Waals surface area contributed by atoms with Crippen molar-refractivity contribution < 1.29 is 13.2 Å². The Morgan fingerprint density at radius 2 is 2.17 bits per heavy atom. The number of nitrogens with one attached hydrogen (secondary N) is 2. The van der Waals surface area contributed by atoms with E-state index in [2.05, 4.69) is 14.9 Å². The van der Waals surface area contributed by atoms with Crippen LogP contribution in [0.4, 0.5) is 11.4 Å². The van der Waals surface area contributed by atoms with Crippen molar-refractivity contribution in [1.82, 2.24) is 10.2 Å². The topological polar surface area (TPSA) is 110 Å². The lowest BCUT2D eigenvalue weighted by Crippen LogP contribution is -2.13. The minimum atomic E-state index is -3.67. The van der Waals surface area contributed by atoms with Crippen molar-refractivity contribution in [3.8, 4) is 5.75 Å². The van der Waals surface area contributed by atoms with Gasteiger partial charge in [0, 0.05) is 0 Å². The number of aromatic amines is 1. The summed E-state index contributed by atoms with van der Waals surface area (Å²) < 4.78 is 31.1. The summed E-state index contributed by atoms with van der Waals surface area (Å²) in [4.78, 5) is 0. The summed E-state index contributed by atoms with van der Waals surface area (Å²) in [6, 6.07) is 5.98. The number of nitrogens with zero attached hydrogens (tertiary/aromatic N) is 1. The Bertz CT molecular complexity index is 637. The normalized spacial score (nSPS) is 11.2. The van der Waals surface area contributed by atoms with Gasteiger partial charge in [-0.05, 0) is 24.3 Å². The molecule has 0 atom stereocenters. The zero-order valence-corrected chi connectivity index (χ0v) is 10.4. The first kappa shape index (κ1) is 12.2. The lowest BCUT2D eigenvalue weighted by Gasteiger charge is -2.09. The van der Waals surface area contributed by atoms with E-state index in [1.54, 1.807) is 12.1 Å². The van der Waals surface area contributed by atoms with E-state index < -0.39 is 10.0 Å². The average molecular weight is 268 g/mol. The van der Waals surface area contributed by atoms with Gasteiger partial charge in [-0.3, -0.25) is 9.82 Å². The largest absolute Gasteiger partial charge is 0.495 e. The number of benzene rings is 1. The number of hydrogen-bond acceptors (Lipinski definition) is 5. The Morgan fingerprint density at radius 3 is 2.72 bits per heavy atom.